The second kappa shape index (κ2) is 14.6. The summed E-state index contributed by atoms with van der Waals surface area (Å²) in [6.07, 6.45) is 1.03. The molecule has 6 N–H and O–H groups in total. The Morgan fingerprint density at radius 3 is 2.07 bits per heavy atom. The lowest BCUT2D eigenvalue weighted by molar-refractivity contribution is -0.404. The molecule has 2 aromatic rings. The maximum Gasteiger partial charge on any atom is 0.325 e. The Bertz CT molecular complexity index is 781. The van der Waals surface area contributed by atoms with E-state index < -0.39 is 18.9 Å². The van der Waals surface area contributed by atoms with Crippen LogP contribution in [-0.2, 0) is 31.9 Å². The van der Waals surface area contributed by atoms with Crippen molar-refractivity contribution in [3.05, 3.63) is 71.8 Å². The summed E-state index contributed by atoms with van der Waals surface area (Å²) in [5, 5.41) is 0. The molecule has 0 aliphatic carbocycles. The van der Waals surface area contributed by atoms with Gasteiger partial charge in [-0.2, -0.15) is 0 Å². The summed E-state index contributed by atoms with van der Waals surface area (Å²) < 4.78 is 24.6. The van der Waals surface area contributed by atoms with Crippen molar-refractivity contribution in [3.8, 4) is 0 Å². The highest BCUT2D eigenvalue weighted by Crippen LogP contribution is 2.45. The molecule has 3 atom stereocenters. The molecule has 168 valence electrons. The maximum atomic E-state index is 13.6. The zero-order valence-electron chi connectivity index (χ0n) is 17.2. The zero-order chi connectivity index (χ0) is 20.4. The number of halogens is 2. The molecule has 3 unspecified atom stereocenters. The van der Waals surface area contributed by atoms with E-state index in [1.54, 1.807) is 6.92 Å². The smallest absolute Gasteiger partial charge is 0.325 e. The fraction of sp³-hybridized carbons (Fsp3) is 0.381. The van der Waals surface area contributed by atoms with Crippen LogP contribution in [0.1, 0.15) is 30.9 Å². The highest BCUT2D eigenvalue weighted by Gasteiger charge is 2.43. The fourth-order valence-corrected chi connectivity index (χ4v) is 4.78. The van der Waals surface area contributed by atoms with Crippen molar-refractivity contribution in [2.45, 2.75) is 44.4 Å². The third-order valence-corrected chi connectivity index (χ3v) is 7.43. The van der Waals surface area contributed by atoms with Gasteiger partial charge in [0.15, 0.2) is 11.6 Å². The monoisotopic (exact) mass is 476 g/mol. The lowest BCUT2D eigenvalue weighted by Crippen LogP contribution is -3.00. The minimum Gasteiger partial charge on any atom is -1.00 e. The Labute approximate surface area is 190 Å². The van der Waals surface area contributed by atoms with Gasteiger partial charge >= 0.3 is 13.3 Å². The van der Waals surface area contributed by atoms with Crippen LogP contribution in [0, 0.1) is 0 Å². The summed E-state index contributed by atoms with van der Waals surface area (Å²) in [5.74, 6) is -1.36. The van der Waals surface area contributed by atoms with E-state index in [9.17, 15) is 9.36 Å². The Hall–Kier alpha value is -1.40. The topological polar surface area (TPSA) is 108 Å². The summed E-state index contributed by atoms with van der Waals surface area (Å²) in [4.78, 5) is 11.7. The van der Waals surface area contributed by atoms with Gasteiger partial charge < -0.3 is 45.5 Å². The molecule has 0 aliphatic heterocycles. The molecule has 0 fully saturated rings. The lowest BCUT2D eigenvalue weighted by atomic mass is 10.2. The van der Waals surface area contributed by atoms with E-state index in [4.69, 9.17) is 9.47 Å². The Balaban J connectivity index is 0.00000420. The number of quaternary nitrogens is 2. The summed E-state index contributed by atoms with van der Waals surface area (Å²) in [7, 11) is -3.06. The molecule has 6 nitrogen and oxygen atoms in total. The number of carbonyl (C=O) groups is 1. The van der Waals surface area contributed by atoms with Gasteiger partial charge in [-0.25, -0.2) is 4.57 Å². The third-order valence-electron chi connectivity index (χ3n) is 4.63. The summed E-state index contributed by atoms with van der Waals surface area (Å²) >= 11 is 0. The van der Waals surface area contributed by atoms with E-state index in [1.807, 2.05) is 60.7 Å². The number of hydrogen-bond acceptors (Lipinski definition) is 4. The SMILES string of the molecule is CCOC(=O)CCC([NH3+])P([NH3+])(=O)C(Cc1ccccc1)OCc1ccccc1.[Cl-].[Cl-]. The van der Waals surface area contributed by atoms with Crippen LogP contribution in [0.15, 0.2) is 60.7 Å². The number of rotatable bonds is 11. The van der Waals surface area contributed by atoms with Gasteiger partial charge in [0, 0.05) is 12.8 Å². The number of hydrogen-bond donors (Lipinski definition) is 2. The summed E-state index contributed by atoms with van der Waals surface area (Å²) in [5.41, 5.74) is 10.1. The third kappa shape index (κ3) is 9.17. The molecule has 2 rings (SSSR count). The maximum absolute atomic E-state index is 13.6. The molecule has 0 radical (unpaired) electrons. The zero-order valence-corrected chi connectivity index (χ0v) is 19.6. The normalized spacial score (nSPS) is 14.4. The average Bonchev–Trinajstić information content (AvgIpc) is 2.71. The van der Waals surface area contributed by atoms with Crippen molar-refractivity contribution >= 4 is 13.3 Å². The van der Waals surface area contributed by atoms with Crippen LogP contribution < -0.4 is 36.1 Å². The standard InChI is InChI=1S/C21H29N2O4P.2ClH/c1-2-26-20(24)14-13-19(22)28(23,25)21(15-17-9-5-3-6-10-17)27-16-18-11-7-4-8-12-18;;/h3-12,19,21H,2,13-16,22H2,1H3,(H2,23,25);2*1H. The van der Waals surface area contributed by atoms with Crippen molar-refractivity contribution < 1.29 is 54.9 Å². The van der Waals surface area contributed by atoms with E-state index in [1.165, 1.54) is 0 Å². The molecule has 0 aliphatic rings. The molecule has 0 amide bonds. The summed E-state index contributed by atoms with van der Waals surface area (Å²) in [6.45, 7) is 2.45. The Morgan fingerprint density at radius 1 is 1.00 bits per heavy atom. The van der Waals surface area contributed by atoms with E-state index >= 15 is 0 Å². The van der Waals surface area contributed by atoms with Gasteiger partial charge in [0.1, 0.15) is 0 Å². The molecule has 0 saturated heterocycles. The first kappa shape index (κ1) is 28.6. The molecule has 0 heterocycles. The van der Waals surface area contributed by atoms with Crippen molar-refractivity contribution in [1.82, 2.24) is 0 Å². The van der Waals surface area contributed by atoms with Gasteiger partial charge in [-0.3, -0.25) is 4.79 Å². The van der Waals surface area contributed by atoms with Crippen LogP contribution in [0.25, 0.3) is 0 Å². The van der Waals surface area contributed by atoms with Gasteiger partial charge in [0.05, 0.1) is 19.6 Å². The first-order valence-corrected chi connectivity index (χ1v) is 11.6. The number of ether oxygens (including phenoxy) is 2. The predicted octanol–water partition coefficient (Wildman–Crippen LogP) is -3.79. The van der Waals surface area contributed by atoms with Crippen LogP contribution >= 0.6 is 7.29 Å². The first-order valence-electron chi connectivity index (χ1n) is 9.55. The van der Waals surface area contributed by atoms with Crippen LogP contribution in [0.2, 0.25) is 0 Å². The number of benzene rings is 2. The van der Waals surface area contributed by atoms with E-state index in [0.29, 0.717) is 26.1 Å². The second-order valence-corrected chi connectivity index (χ2v) is 9.81. The minimum absolute atomic E-state index is 0. The largest absolute Gasteiger partial charge is 1.00 e. The van der Waals surface area contributed by atoms with Gasteiger partial charge in [-0.05, 0) is 18.1 Å². The van der Waals surface area contributed by atoms with Crippen LogP contribution in [0.3, 0.4) is 0 Å². The molecule has 30 heavy (non-hydrogen) atoms. The molecule has 0 spiro atoms. The van der Waals surface area contributed by atoms with Gasteiger partial charge in [-0.15, -0.1) is 0 Å². The van der Waals surface area contributed by atoms with Gasteiger partial charge in [0.25, 0.3) is 0 Å². The fourth-order valence-electron chi connectivity index (χ4n) is 2.89. The van der Waals surface area contributed by atoms with Crippen LogP contribution in [-0.4, -0.2) is 24.2 Å². The van der Waals surface area contributed by atoms with E-state index in [-0.39, 0.29) is 37.2 Å². The van der Waals surface area contributed by atoms with Crippen molar-refractivity contribution in [1.29, 1.82) is 0 Å². The van der Waals surface area contributed by atoms with E-state index in [0.717, 1.165) is 11.1 Å². The van der Waals surface area contributed by atoms with Crippen LogP contribution in [0.4, 0.5) is 0 Å². The van der Waals surface area contributed by atoms with Gasteiger partial charge in [-0.1, -0.05) is 60.7 Å². The minimum atomic E-state index is -3.06. The van der Waals surface area contributed by atoms with E-state index in [2.05, 4.69) is 11.2 Å². The Kier molecular flexibility index (Phi) is 13.9. The molecule has 0 aromatic heterocycles. The Morgan fingerprint density at radius 2 is 1.53 bits per heavy atom. The molecule has 9 heteroatoms. The molecular weight excluding hydrogens is 446 g/mol. The van der Waals surface area contributed by atoms with Crippen molar-refractivity contribution in [2.75, 3.05) is 6.61 Å². The summed E-state index contributed by atoms with van der Waals surface area (Å²) in [6, 6.07) is 19.6. The quantitative estimate of drug-likeness (QED) is 0.256. The second-order valence-electron chi connectivity index (χ2n) is 6.79. The highest BCUT2D eigenvalue weighted by atomic mass is 35.5. The predicted molar refractivity (Wildman–Crippen MR) is 108 cm³/mol. The molecule has 0 saturated carbocycles. The van der Waals surface area contributed by atoms with Gasteiger partial charge in [0.2, 0.25) is 0 Å². The van der Waals surface area contributed by atoms with Crippen molar-refractivity contribution in [3.63, 3.8) is 0 Å². The average molecular weight is 477 g/mol. The molecule has 2 aromatic carbocycles. The molecular formula is C21H31Cl2N2O4P. The molecule has 0 bridgehead atoms. The number of carbonyl (C=O) groups excluding carboxylic acids is 1. The van der Waals surface area contributed by atoms with Crippen molar-refractivity contribution in [2.24, 2.45) is 0 Å². The lowest BCUT2D eigenvalue weighted by Gasteiger charge is -2.24. The van der Waals surface area contributed by atoms with Crippen LogP contribution in [0.5, 0.6) is 0 Å². The first-order chi connectivity index (χ1) is 13.4. The highest BCUT2D eigenvalue weighted by molar-refractivity contribution is 7.57. The number of esters is 1.